The molecule has 0 spiro atoms. The van der Waals surface area contributed by atoms with E-state index in [9.17, 15) is 0 Å². The average molecular weight is 343 g/mol. The van der Waals surface area contributed by atoms with Crippen molar-refractivity contribution >= 4 is 38.7 Å². The molecule has 86 valence electrons. The van der Waals surface area contributed by atoms with Crippen molar-refractivity contribution in [2.24, 2.45) is 0 Å². The normalized spacial score (nSPS) is 17.8. The summed E-state index contributed by atoms with van der Waals surface area (Å²) in [5.41, 5.74) is 2.42. The quantitative estimate of drug-likeness (QED) is 0.761. The summed E-state index contributed by atoms with van der Waals surface area (Å²) in [6.45, 7) is 7.90. The Bertz CT molecular complexity index is 362. The molecule has 0 aromatic heterocycles. The summed E-state index contributed by atoms with van der Waals surface area (Å²) >= 11 is 5.99. The van der Waals surface area contributed by atoms with E-state index in [1.165, 1.54) is 28.9 Å². The molecule has 1 saturated heterocycles. The van der Waals surface area contributed by atoms with E-state index in [2.05, 4.69) is 40.1 Å². The van der Waals surface area contributed by atoms with E-state index in [-0.39, 0.29) is 21.4 Å². The van der Waals surface area contributed by atoms with Crippen molar-refractivity contribution in [2.75, 3.05) is 29.1 Å². The number of rotatable bonds is 2. The Morgan fingerprint density at radius 3 is 2.81 bits per heavy atom. The molecular weight excluding hydrogens is 326 g/mol. The molecule has 0 amide bonds. The van der Waals surface area contributed by atoms with Gasteiger partial charge in [0.2, 0.25) is 0 Å². The molecule has 0 unspecified atom stereocenters. The second-order valence-electron chi connectivity index (χ2n) is 4.07. The van der Waals surface area contributed by atoms with Crippen molar-refractivity contribution < 1.29 is 0 Å². The third-order valence-corrected chi connectivity index (χ3v) is 7.82. The van der Waals surface area contributed by atoms with Gasteiger partial charge in [0.15, 0.2) is 0 Å². The van der Waals surface area contributed by atoms with Crippen molar-refractivity contribution in [2.45, 2.75) is 13.8 Å². The predicted molar refractivity (Wildman–Crippen MR) is 71.4 cm³/mol. The van der Waals surface area contributed by atoms with Gasteiger partial charge in [-0.1, -0.05) is 0 Å². The number of hydrogen-bond acceptors (Lipinski definition) is 2. The van der Waals surface area contributed by atoms with E-state index in [1.54, 1.807) is 0 Å². The Hall–Kier alpha value is 0.0687. The molecule has 4 heteroatoms. The van der Waals surface area contributed by atoms with Gasteiger partial charge in [-0.15, -0.1) is 0 Å². The fourth-order valence-electron chi connectivity index (χ4n) is 1.94. The number of hydrogen-bond donors (Lipinski definition) is 0. The van der Waals surface area contributed by atoms with Gasteiger partial charge in [0.25, 0.3) is 0 Å². The molecule has 1 aliphatic rings. The van der Waals surface area contributed by atoms with Crippen LogP contribution in [0.5, 0.6) is 0 Å². The van der Waals surface area contributed by atoms with Crippen molar-refractivity contribution in [3.63, 3.8) is 0 Å². The van der Waals surface area contributed by atoms with Gasteiger partial charge in [-0.05, 0) is 0 Å². The zero-order chi connectivity index (χ0) is 11.5. The van der Waals surface area contributed by atoms with Crippen LogP contribution in [0.2, 0.25) is 5.02 Å². The molecule has 2 nitrogen and oxygen atoms in total. The Balaban J connectivity index is 2.11. The fourth-order valence-corrected chi connectivity index (χ4v) is 5.55. The van der Waals surface area contributed by atoms with Crippen LogP contribution in [0, 0.1) is 6.92 Å². The second-order valence-corrected chi connectivity index (χ2v) is 8.06. The van der Waals surface area contributed by atoms with Gasteiger partial charge >= 0.3 is 114 Å². The third-order valence-electron chi connectivity index (χ3n) is 3.02. The molecule has 2 radical (unpaired) electrons. The van der Waals surface area contributed by atoms with E-state index >= 15 is 0 Å². The second kappa shape index (κ2) is 5.60. The predicted octanol–water partition coefficient (Wildman–Crippen LogP) is 2.37. The van der Waals surface area contributed by atoms with Crippen molar-refractivity contribution in [3.8, 4) is 0 Å². The number of halogens is 1. The Morgan fingerprint density at radius 1 is 1.38 bits per heavy atom. The summed E-state index contributed by atoms with van der Waals surface area (Å²) in [7, 11) is 0. The van der Waals surface area contributed by atoms with Crippen LogP contribution >= 0.6 is 11.6 Å². The van der Waals surface area contributed by atoms with Crippen LogP contribution in [0.3, 0.4) is 0 Å². The topological polar surface area (TPSA) is 6.48 Å². The summed E-state index contributed by atoms with van der Waals surface area (Å²) in [5.74, 6) is 0. The van der Waals surface area contributed by atoms with Crippen LogP contribution in [0.1, 0.15) is 12.5 Å². The number of nitrogens with zero attached hydrogens (tertiary/aromatic N) is 2. The standard InChI is InChI=1S/C12H17ClN2.Sn/c1-4-14-8-9-15(3)11-7-5-6-10(2)12(11)13;/h5-7H,3-4,8-9H2,1-2H3;/q-1;+1. The molecule has 2 rings (SSSR count). The number of aryl methyl sites for hydroxylation is 1. The molecule has 0 aliphatic carbocycles. The van der Waals surface area contributed by atoms with Gasteiger partial charge in [0, 0.05) is 0 Å². The fraction of sp³-hybridized carbons (Fsp3) is 0.500. The van der Waals surface area contributed by atoms with Crippen LogP contribution in [-0.4, -0.2) is 48.7 Å². The first-order valence-corrected chi connectivity index (χ1v) is 9.38. The number of likely N-dealkylation sites (N-methyl/N-ethyl adjacent to an activating group) is 1. The van der Waals surface area contributed by atoms with Crippen LogP contribution < -0.4 is 4.90 Å². The first kappa shape index (κ1) is 12.5. The maximum atomic E-state index is 6.36. The van der Waals surface area contributed by atoms with Gasteiger partial charge in [-0.25, -0.2) is 0 Å². The van der Waals surface area contributed by atoms with Crippen molar-refractivity contribution in [3.05, 3.63) is 28.8 Å². The molecule has 0 bridgehead atoms. The molecule has 16 heavy (non-hydrogen) atoms. The Labute approximate surface area is 113 Å². The first-order chi connectivity index (χ1) is 7.72. The number of benzene rings is 1. The van der Waals surface area contributed by atoms with E-state index in [0.717, 1.165) is 11.6 Å². The monoisotopic (exact) mass is 344 g/mol. The summed E-state index contributed by atoms with van der Waals surface area (Å²) in [4.78, 5) is 2.47. The van der Waals surface area contributed by atoms with Gasteiger partial charge < -0.3 is 0 Å². The molecule has 1 aromatic rings. The average Bonchev–Trinajstić information content (AvgIpc) is 2.33. The summed E-state index contributed by atoms with van der Waals surface area (Å²) < 4.78 is 3.89. The molecule has 1 heterocycles. The maximum absolute atomic E-state index is 6.36. The molecule has 0 saturated carbocycles. The first-order valence-electron chi connectivity index (χ1n) is 5.71. The third kappa shape index (κ3) is 2.66. The summed E-state index contributed by atoms with van der Waals surface area (Å²) in [6.07, 6.45) is 0. The Kier molecular flexibility index (Phi) is 4.39. The van der Waals surface area contributed by atoms with Gasteiger partial charge in [-0.3, -0.25) is 0 Å². The van der Waals surface area contributed by atoms with Crippen molar-refractivity contribution in [1.82, 2.24) is 3.12 Å². The molecule has 1 aliphatic heterocycles. The minimum absolute atomic E-state index is 0.373. The summed E-state index contributed by atoms with van der Waals surface area (Å²) in [5, 5.41) is 0.937. The number of anilines is 1. The molecular formula is C12H17ClN2Sn. The van der Waals surface area contributed by atoms with Gasteiger partial charge in [-0.2, -0.15) is 0 Å². The molecule has 1 fully saturated rings. The van der Waals surface area contributed by atoms with Gasteiger partial charge in [0.05, 0.1) is 0 Å². The van der Waals surface area contributed by atoms with Crippen molar-refractivity contribution in [1.29, 1.82) is 0 Å². The van der Waals surface area contributed by atoms with E-state index in [1.807, 2.05) is 0 Å². The van der Waals surface area contributed by atoms with E-state index in [4.69, 9.17) is 11.6 Å². The van der Waals surface area contributed by atoms with Crippen LogP contribution in [0.15, 0.2) is 18.2 Å². The zero-order valence-electron chi connectivity index (χ0n) is 9.83. The molecule has 0 N–H and O–H groups in total. The van der Waals surface area contributed by atoms with Crippen LogP contribution in [0.25, 0.3) is 0 Å². The molecule has 0 atom stereocenters. The van der Waals surface area contributed by atoms with Crippen LogP contribution in [0.4, 0.5) is 5.69 Å². The Morgan fingerprint density at radius 2 is 2.19 bits per heavy atom. The summed E-state index contributed by atoms with van der Waals surface area (Å²) in [6, 6.07) is 6.33. The zero-order valence-corrected chi connectivity index (χ0v) is 13.4. The van der Waals surface area contributed by atoms with Gasteiger partial charge in [0.1, 0.15) is 0 Å². The van der Waals surface area contributed by atoms with E-state index in [0.29, 0.717) is 0 Å². The molecule has 1 aromatic carbocycles. The van der Waals surface area contributed by atoms with Crippen LogP contribution in [-0.2, 0) is 0 Å². The SMILES string of the molecule is CC[N]1CCN(c2cccc(C)c2Cl)[CH2][Sn]1. The minimum atomic E-state index is -0.373. The van der Waals surface area contributed by atoms with E-state index < -0.39 is 0 Å².